The largest absolute Gasteiger partial charge is 0.462 e. The molecule has 3 heteroatoms. The predicted octanol–water partition coefficient (Wildman–Crippen LogP) is 1.90. The highest BCUT2D eigenvalue weighted by molar-refractivity contribution is 5.89. The Morgan fingerprint density at radius 3 is 3.12 bits per heavy atom. The minimum absolute atomic E-state index is 0.220. The molecule has 0 spiro atoms. The van der Waals surface area contributed by atoms with Gasteiger partial charge >= 0.3 is 5.97 Å². The summed E-state index contributed by atoms with van der Waals surface area (Å²) in [7, 11) is 0. The Balaban J connectivity index is 2.23. The lowest BCUT2D eigenvalue weighted by Crippen LogP contribution is -2.12. The first-order valence-electron chi connectivity index (χ1n) is 5.81. The standard InChI is InChI=1S/C13H17NO2/c1-2-16-13(15)11-5-6-12-9-14-7-3-4-10(12)8-11/h5-6,8,14H,2-4,7,9H2,1H3. The van der Waals surface area contributed by atoms with E-state index in [0.29, 0.717) is 12.2 Å². The van der Waals surface area contributed by atoms with Gasteiger partial charge in [-0.15, -0.1) is 0 Å². The van der Waals surface area contributed by atoms with Crippen LogP contribution in [0.3, 0.4) is 0 Å². The Labute approximate surface area is 95.8 Å². The van der Waals surface area contributed by atoms with Crippen LogP contribution in [0.4, 0.5) is 0 Å². The van der Waals surface area contributed by atoms with Crippen LogP contribution < -0.4 is 5.32 Å². The summed E-state index contributed by atoms with van der Waals surface area (Å²) < 4.78 is 5.00. The van der Waals surface area contributed by atoms with Crippen LogP contribution in [0.5, 0.6) is 0 Å². The number of esters is 1. The van der Waals surface area contributed by atoms with Gasteiger partial charge in [-0.2, -0.15) is 0 Å². The van der Waals surface area contributed by atoms with E-state index in [0.717, 1.165) is 25.9 Å². The van der Waals surface area contributed by atoms with Crippen molar-refractivity contribution in [2.75, 3.05) is 13.2 Å². The quantitative estimate of drug-likeness (QED) is 0.772. The number of hydrogen-bond donors (Lipinski definition) is 1. The minimum atomic E-state index is -0.220. The van der Waals surface area contributed by atoms with Gasteiger partial charge in [0.05, 0.1) is 12.2 Å². The normalized spacial score (nSPS) is 15.1. The number of rotatable bonds is 2. The first-order valence-corrected chi connectivity index (χ1v) is 5.81. The van der Waals surface area contributed by atoms with Crippen LogP contribution in [0.25, 0.3) is 0 Å². The van der Waals surface area contributed by atoms with Crippen molar-refractivity contribution < 1.29 is 9.53 Å². The summed E-state index contributed by atoms with van der Waals surface area (Å²) in [5.41, 5.74) is 3.24. The van der Waals surface area contributed by atoms with Crippen LogP contribution in [-0.2, 0) is 17.7 Å². The Bertz CT molecular complexity index is 388. The molecule has 0 saturated carbocycles. The van der Waals surface area contributed by atoms with Crippen LogP contribution in [-0.4, -0.2) is 19.1 Å². The van der Waals surface area contributed by atoms with Gasteiger partial charge < -0.3 is 10.1 Å². The average molecular weight is 219 g/mol. The van der Waals surface area contributed by atoms with Gasteiger partial charge in [0, 0.05) is 6.54 Å². The maximum Gasteiger partial charge on any atom is 0.338 e. The molecule has 0 unspecified atom stereocenters. The second-order valence-electron chi connectivity index (χ2n) is 3.98. The zero-order chi connectivity index (χ0) is 11.4. The van der Waals surface area contributed by atoms with E-state index in [1.54, 1.807) is 0 Å². The van der Waals surface area contributed by atoms with Crippen molar-refractivity contribution >= 4 is 5.97 Å². The monoisotopic (exact) mass is 219 g/mol. The van der Waals surface area contributed by atoms with E-state index in [2.05, 4.69) is 5.32 Å². The Hall–Kier alpha value is -1.35. The molecule has 0 fully saturated rings. The maximum atomic E-state index is 11.6. The molecular formula is C13H17NO2. The summed E-state index contributed by atoms with van der Waals surface area (Å²) in [6.07, 6.45) is 2.16. The molecule has 0 aromatic heterocycles. The summed E-state index contributed by atoms with van der Waals surface area (Å²) in [6, 6.07) is 5.85. The molecule has 0 amide bonds. The molecule has 1 aliphatic heterocycles. The zero-order valence-corrected chi connectivity index (χ0v) is 9.58. The van der Waals surface area contributed by atoms with Gasteiger partial charge in [-0.3, -0.25) is 0 Å². The number of carbonyl (C=O) groups is 1. The fourth-order valence-electron chi connectivity index (χ4n) is 2.00. The molecule has 1 aromatic carbocycles. The highest BCUT2D eigenvalue weighted by atomic mass is 16.5. The first-order chi connectivity index (χ1) is 7.81. The van der Waals surface area contributed by atoms with E-state index in [4.69, 9.17) is 4.74 Å². The summed E-state index contributed by atoms with van der Waals surface area (Å²) in [5.74, 6) is -0.220. The van der Waals surface area contributed by atoms with Crippen molar-refractivity contribution in [1.82, 2.24) is 5.32 Å². The molecule has 1 N–H and O–H groups in total. The number of carbonyl (C=O) groups excluding carboxylic acids is 1. The average Bonchev–Trinajstić information content (AvgIpc) is 2.53. The van der Waals surface area contributed by atoms with E-state index >= 15 is 0 Å². The van der Waals surface area contributed by atoms with Crippen molar-refractivity contribution in [2.45, 2.75) is 26.3 Å². The van der Waals surface area contributed by atoms with Crippen molar-refractivity contribution in [3.05, 3.63) is 34.9 Å². The third-order valence-electron chi connectivity index (χ3n) is 2.83. The smallest absolute Gasteiger partial charge is 0.338 e. The fourth-order valence-corrected chi connectivity index (χ4v) is 2.00. The van der Waals surface area contributed by atoms with Gasteiger partial charge in [0.25, 0.3) is 0 Å². The molecule has 1 heterocycles. The van der Waals surface area contributed by atoms with Gasteiger partial charge in [0.15, 0.2) is 0 Å². The molecule has 0 aliphatic carbocycles. The van der Waals surface area contributed by atoms with E-state index in [1.165, 1.54) is 11.1 Å². The molecule has 1 aromatic rings. The van der Waals surface area contributed by atoms with Crippen molar-refractivity contribution in [3.8, 4) is 0 Å². The summed E-state index contributed by atoms with van der Waals surface area (Å²) in [6.45, 7) is 4.20. The fraction of sp³-hybridized carbons (Fsp3) is 0.462. The number of ether oxygens (including phenoxy) is 1. The summed E-state index contributed by atoms with van der Waals surface area (Å²) in [5, 5.41) is 3.36. The van der Waals surface area contributed by atoms with Gasteiger partial charge in [-0.25, -0.2) is 4.79 Å². The molecule has 0 radical (unpaired) electrons. The third-order valence-corrected chi connectivity index (χ3v) is 2.83. The van der Waals surface area contributed by atoms with Crippen molar-refractivity contribution in [2.24, 2.45) is 0 Å². The second-order valence-corrected chi connectivity index (χ2v) is 3.98. The molecule has 0 bridgehead atoms. The van der Waals surface area contributed by atoms with Gasteiger partial charge in [0.1, 0.15) is 0 Å². The zero-order valence-electron chi connectivity index (χ0n) is 9.58. The third kappa shape index (κ3) is 2.42. The summed E-state index contributed by atoms with van der Waals surface area (Å²) >= 11 is 0. The lowest BCUT2D eigenvalue weighted by molar-refractivity contribution is 0.0526. The second kappa shape index (κ2) is 5.12. The molecule has 0 atom stereocenters. The Kier molecular flexibility index (Phi) is 3.57. The number of benzene rings is 1. The van der Waals surface area contributed by atoms with Gasteiger partial charge in [-0.1, -0.05) is 6.07 Å². The first kappa shape index (κ1) is 11.1. The van der Waals surface area contributed by atoms with E-state index in [1.807, 2.05) is 25.1 Å². The molecular weight excluding hydrogens is 202 g/mol. The van der Waals surface area contributed by atoms with Crippen LogP contribution in [0.1, 0.15) is 34.8 Å². The number of hydrogen-bond acceptors (Lipinski definition) is 3. The number of nitrogens with one attached hydrogen (secondary N) is 1. The van der Waals surface area contributed by atoms with E-state index in [-0.39, 0.29) is 5.97 Å². The summed E-state index contributed by atoms with van der Waals surface area (Å²) in [4.78, 5) is 11.6. The molecule has 2 rings (SSSR count). The Morgan fingerprint density at radius 2 is 2.31 bits per heavy atom. The highest BCUT2D eigenvalue weighted by Crippen LogP contribution is 2.17. The van der Waals surface area contributed by atoms with Gasteiger partial charge in [0.2, 0.25) is 0 Å². The number of fused-ring (bicyclic) bond motifs is 1. The lowest BCUT2D eigenvalue weighted by atomic mass is 10.0. The molecule has 16 heavy (non-hydrogen) atoms. The molecule has 86 valence electrons. The highest BCUT2D eigenvalue weighted by Gasteiger charge is 2.12. The van der Waals surface area contributed by atoms with Gasteiger partial charge in [-0.05, 0) is 49.6 Å². The topological polar surface area (TPSA) is 38.3 Å². The molecule has 0 saturated heterocycles. The maximum absolute atomic E-state index is 11.6. The van der Waals surface area contributed by atoms with Crippen LogP contribution in [0, 0.1) is 0 Å². The van der Waals surface area contributed by atoms with Crippen LogP contribution in [0.2, 0.25) is 0 Å². The van der Waals surface area contributed by atoms with Crippen LogP contribution >= 0.6 is 0 Å². The predicted molar refractivity (Wildman–Crippen MR) is 62.4 cm³/mol. The molecule has 1 aliphatic rings. The van der Waals surface area contributed by atoms with Crippen molar-refractivity contribution in [1.29, 1.82) is 0 Å². The van der Waals surface area contributed by atoms with E-state index < -0.39 is 0 Å². The Morgan fingerprint density at radius 1 is 1.44 bits per heavy atom. The van der Waals surface area contributed by atoms with E-state index in [9.17, 15) is 4.79 Å². The number of aryl methyl sites for hydroxylation is 1. The molecule has 3 nitrogen and oxygen atoms in total. The van der Waals surface area contributed by atoms with Crippen molar-refractivity contribution in [3.63, 3.8) is 0 Å². The lowest BCUT2D eigenvalue weighted by Gasteiger charge is -2.08. The SMILES string of the molecule is CCOC(=O)c1ccc2c(c1)CCCNC2. The van der Waals surface area contributed by atoms with Crippen LogP contribution in [0.15, 0.2) is 18.2 Å². The minimum Gasteiger partial charge on any atom is -0.462 e.